The van der Waals surface area contributed by atoms with Crippen LogP contribution in [0.2, 0.25) is 0 Å². The average molecular weight is 608 g/mol. The van der Waals surface area contributed by atoms with Gasteiger partial charge in [-0.1, -0.05) is 26.0 Å². The number of methoxy groups -OCH3 is 1. The monoisotopic (exact) mass is 607 g/mol. The summed E-state index contributed by atoms with van der Waals surface area (Å²) in [4.78, 5) is 47.9. The number of carbonyl (C=O) groups is 3. The molecule has 3 aromatic rings. The van der Waals surface area contributed by atoms with Crippen molar-refractivity contribution in [1.82, 2.24) is 30.9 Å². The Bertz CT molecular complexity index is 1380. The molecule has 1 fully saturated rings. The number of fused-ring (bicyclic) bond motifs is 1. The summed E-state index contributed by atoms with van der Waals surface area (Å²) in [5.41, 5.74) is 8.83. The molecule has 1 aliphatic heterocycles. The van der Waals surface area contributed by atoms with Gasteiger partial charge in [-0.15, -0.1) is 12.6 Å². The maximum absolute atomic E-state index is 13.1. The van der Waals surface area contributed by atoms with Gasteiger partial charge in [-0.3, -0.25) is 20.8 Å². The van der Waals surface area contributed by atoms with E-state index in [1.165, 1.54) is 6.42 Å². The Kier molecular flexibility index (Phi) is 13.8. The molecular formula is C29H38N8O4Sc-2. The first-order chi connectivity index (χ1) is 19.6. The second-order valence-corrected chi connectivity index (χ2v) is 10.4. The first kappa shape index (κ1) is 34.6. The van der Waals surface area contributed by atoms with E-state index in [2.05, 4.69) is 30.9 Å². The molecule has 0 unspecified atom stereocenters. The van der Waals surface area contributed by atoms with Gasteiger partial charge in [0.15, 0.2) is 0 Å². The first-order valence-electron chi connectivity index (χ1n) is 13.6. The van der Waals surface area contributed by atoms with Crippen molar-refractivity contribution in [2.75, 3.05) is 13.7 Å². The van der Waals surface area contributed by atoms with Crippen LogP contribution in [0.1, 0.15) is 55.1 Å². The second kappa shape index (κ2) is 16.7. The Morgan fingerprint density at radius 2 is 2.05 bits per heavy atom. The number of benzene rings is 1. The van der Waals surface area contributed by atoms with Crippen molar-refractivity contribution in [2.24, 2.45) is 11.8 Å². The molecule has 1 aliphatic rings. The summed E-state index contributed by atoms with van der Waals surface area (Å²) in [6, 6.07) is 7.75. The number of imidazole rings is 1. The van der Waals surface area contributed by atoms with E-state index >= 15 is 0 Å². The molecule has 0 spiro atoms. The summed E-state index contributed by atoms with van der Waals surface area (Å²) in [5, 5.41) is 18.3. The molecule has 0 bridgehead atoms. The second-order valence-electron chi connectivity index (χ2n) is 10.4. The van der Waals surface area contributed by atoms with Crippen LogP contribution in [0.3, 0.4) is 0 Å². The minimum atomic E-state index is -0.794. The summed E-state index contributed by atoms with van der Waals surface area (Å²) >= 11 is 0. The van der Waals surface area contributed by atoms with Gasteiger partial charge in [-0.2, -0.15) is 0 Å². The number of H-pyrrole nitrogens is 2. The van der Waals surface area contributed by atoms with Crippen LogP contribution in [0, 0.1) is 36.5 Å². The van der Waals surface area contributed by atoms with E-state index in [0.717, 1.165) is 22.4 Å². The molecule has 13 heteroatoms. The zero-order valence-electron chi connectivity index (χ0n) is 24.4. The van der Waals surface area contributed by atoms with Crippen LogP contribution in [-0.4, -0.2) is 58.4 Å². The molecule has 1 aromatic carbocycles. The van der Waals surface area contributed by atoms with E-state index in [1.807, 2.05) is 45.0 Å². The number of hydrogen-bond donors (Lipinski definition) is 5. The van der Waals surface area contributed by atoms with E-state index in [-0.39, 0.29) is 49.5 Å². The Hall–Kier alpha value is -3.63. The number of nitrogens with one attached hydrogen (secondary N) is 6. The first-order valence-corrected chi connectivity index (χ1v) is 13.6. The molecule has 0 aliphatic carbocycles. The number of ether oxygens (including phenoxy) is 1. The third-order valence-corrected chi connectivity index (χ3v) is 6.67. The van der Waals surface area contributed by atoms with Gasteiger partial charge in [0.1, 0.15) is 23.3 Å². The van der Waals surface area contributed by atoms with E-state index < -0.39 is 18.0 Å². The van der Waals surface area contributed by atoms with Crippen molar-refractivity contribution >= 4 is 28.6 Å². The van der Waals surface area contributed by atoms with Gasteiger partial charge >= 0.3 is 0 Å². The van der Waals surface area contributed by atoms with Crippen LogP contribution in [0.4, 0.5) is 0 Å². The Morgan fingerprint density at radius 1 is 1.29 bits per heavy atom. The minimum Gasteiger partial charge on any atom is -0.672 e. The largest absolute Gasteiger partial charge is 0.672 e. The van der Waals surface area contributed by atoms with Gasteiger partial charge in [0.2, 0.25) is 11.8 Å². The number of nitrogens with zero attached hydrogens (tertiary/aromatic N) is 2. The molecule has 4 rings (SSSR count). The van der Waals surface area contributed by atoms with Crippen molar-refractivity contribution in [3.63, 3.8) is 0 Å². The molecule has 0 saturated carbocycles. The number of amides is 3. The molecule has 3 heterocycles. The SMILES string of the molecule is COc1cccc2[nH]c(C(=O)N[C@@H](CC(C)C)C(=O)N[C@H]([CH-]C#N)C[C@@H]3CCNC3=O)cc12.Cc1ncc(C[NH-])[nH]1.[Sc]. The van der Waals surface area contributed by atoms with Crippen molar-refractivity contribution < 1.29 is 45.0 Å². The maximum Gasteiger partial charge on any atom is 0.268 e. The molecule has 2 aromatic heterocycles. The number of carbonyl (C=O) groups excluding carboxylic acids is 3. The number of rotatable bonds is 11. The van der Waals surface area contributed by atoms with Crippen molar-refractivity contribution in [1.29, 1.82) is 5.26 Å². The predicted molar refractivity (Wildman–Crippen MR) is 154 cm³/mol. The van der Waals surface area contributed by atoms with Crippen LogP contribution < -0.4 is 20.7 Å². The number of aromatic amines is 2. The van der Waals surface area contributed by atoms with Crippen LogP contribution in [0.15, 0.2) is 30.5 Å². The molecule has 223 valence electrons. The van der Waals surface area contributed by atoms with Crippen LogP contribution >= 0.6 is 0 Å². The Morgan fingerprint density at radius 3 is 2.60 bits per heavy atom. The third-order valence-electron chi connectivity index (χ3n) is 6.67. The molecule has 3 atom stereocenters. The number of aryl methyl sites for hydroxylation is 1. The van der Waals surface area contributed by atoms with E-state index in [4.69, 9.17) is 15.7 Å². The van der Waals surface area contributed by atoms with Gasteiger partial charge in [-0.25, -0.2) is 10.2 Å². The fraction of sp³-hybridized carbons (Fsp3) is 0.448. The number of aromatic nitrogens is 3. The predicted octanol–water partition coefficient (Wildman–Crippen LogP) is 3.33. The standard InChI is InChI=1S/C24H30N5O4.C5H8N3.Sc/c1-14(2)11-19(23(31)27-16(7-9-25)12-15-8-10-26-22(15)30)29-24(32)20-13-17-18(28-20)5-4-6-21(17)33-3;1-4-7-3-5(2-6)8-4;/h4-7,13-16,19,28H,8,10-12H2,1-3H3,(H,26,30)(H,27,31)(H,29,32);3,6H,2H2,1H3,(H,7,8);/q2*-1;/t15-,16+,19-;;/m0../s1. The average Bonchev–Trinajstić information content (AvgIpc) is 3.68. The van der Waals surface area contributed by atoms with E-state index in [0.29, 0.717) is 43.8 Å². The van der Waals surface area contributed by atoms with Crippen LogP contribution in [-0.2, 0) is 42.0 Å². The topological polar surface area (TPSA) is 189 Å². The molecule has 6 N–H and O–H groups in total. The molecule has 12 nitrogen and oxygen atoms in total. The maximum atomic E-state index is 13.1. The summed E-state index contributed by atoms with van der Waals surface area (Å²) in [7, 11) is 1.56. The Labute approximate surface area is 264 Å². The van der Waals surface area contributed by atoms with Crippen molar-refractivity contribution in [3.8, 4) is 11.8 Å². The van der Waals surface area contributed by atoms with Gasteiger partial charge < -0.3 is 36.4 Å². The summed E-state index contributed by atoms with van der Waals surface area (Å²) in [5.74, 6) is 0.548. The molecule has 1 radical (unpaired) electrons. The van der Waals surface area contributed by atoms with Crippen LogP contribution in [0.5, 0.6) is 5.75 Å². The number of nitriles is 1. The van der Waals surface area contributed by atoms with Crippen LogP contribution in [0.25, 0.3) is 16.6 Å². The fourth-order valence-electron chi connectivity index (χ4n) is 4.65. The van der Waals surface area contributed by atoms with Gasteiger partial charge in [0.05, 0.1) is 7.11 Å². The van der Waals surface area contributed by atoms with Gasteiger partial charge in [0.25, 0.3) is 5.91 Å². The van der Waals surface area contributed by atoms with E-state index in [9.17, 15) is 14.4 Å². The smallest absolute Gasteiger partial charge is 0.268 e. The Balaban J connectivity index is 0.000000591. The fourth-order valence-corrected chi connectivity index (χ4v) is 4.65. The molecule has 3 amide bonds. The molecule has 1 saturated heterocycles. The summed E-state index contributed by atoms with van der Waals surface area (Å²) in [6.07, 6.45) is 4.43. The quantitative estimate of drug-likeness (QED) is 0.208. The minimum absolute atomic E-state index is 0. The normalized spacial score (nSPS) is 15.4. The third kappa shape index (κ3) is 9.73. The summed E-state index contributed by atoms with van der Waals surface area (Å²) in [6.45, 7) is 6.68. The van der Waals surface area contributed by atoms with Gasteiger partial charge in [-0.05, 0) is 50.3 Å². The van der Waals surface area contributed by atoms with Crippen molar-refractivity contribution in [3.05, 3.63) is 59.8 Å². The van der Waals surface area contributed by atoms with Gasteiger partial charge in [0, 0.05) is 61.1 Å². The zero-order valence-corrected chi connectivity index (χ0v) is 26.2. The zero-order chi connectivity index (χ0) is 29.9. The molecule has 42 heavy (non-hydrogen) atoms. The van der Waals surface area contributed by atoms with Crippen molar-refractivity contribution in [2.45, 2.75) is 58.7 Å². The number of hydrogen-bond acceptors (Lipinski definition) is 6. The van der Waals surface area contributed by atoms with E-state index in [1.54, 1.807) is 19.4 Å². The molecular weight excluding hydrogens is 569 g/mol. The summed E-state index contributed by atoms with van der Waals surface area (Å²) < 4.78 is 5.35.